The average molecular weight is 423 g/mol. The molecule has 3 aromatic carbocycles. The molecule has 5 aromatic rings. The van der Waals surface area contributed by atoms with E-state index >= 15 is 0 Å². The molecule has 32 heavy (non-hydrogen) atoms. The molecular formula is C25H21N5O2. The second kappa shape index (κ2) is 8.11. The molecule has 0 aliphatic carbocycles. The Bertz CT molecular complexity index is 1500. The highest BCUT2D eigenvalue weighted by atomic mass is 16.2. The second-order valence-corrected chi connectivity index (χ2v) is 7.57. The Morgan fingerprint density at radius 2 is 1.69 bits per heavy atom. The SMILES string of the molecule is Cc1nc2c(cnn2-c2ccccc2)c(=O)n1CCC(=O)Nc1cccc2ccccc12. The molecule has 0 atom stereocenters. The highest BCUT2D eigenvalue weighted by Gasteiger charge is 2.15. The summed E-state index contributed by atoms with van der Waals surface area (Å²) in [7, 11) is 0. The Kier molecular flexibility index (Phi) is 4.99. The van der Waals surface area contributed by atoms with E-state index in [1.165, 1.54) is 10.8 Å². The lowest BCUT2D eigenvalue weighted by Crippen LogP contribution is -2.26. The quantitative estimate of drug-likeness (QED) is 0.462. The highest BCUT2D eigenvalue weighted by molar-refractivity contribution is 6.02. The first-order valence-electron chi connectivity index (χ1n) is 10.4. The van der Waals surface area contributed by atoms with Crippen molar-refractivity contribution in [2.24, 2.45) is 0 Å². The van der Waals surface area contributed by atoms with Gasteiger partial charge in [-0.05, 0) is 30.5 Å². The Morgan fingerprint density at radius 3 is 2.53 bits per heavy atom. The van der Waals surface area contributed by atoms with E-state index in [0.29, 0.717) is 16.9 Å². The molecule has 0 fully saturated rings. The molecule has 0 bridgehead atoms. The molecule has 7 heteroatoms. The fourth-order valence-electron chi connectivity index (χ4n) is 3.89. The fourth-order valence-corrected chi connectivity index (χ4v) is 3.89. The van der Waals surface area contributed by atoms with Crippen molar-refractivity contribution >= 4 is 33.4 Å². The number of carbonyl (C=O) groups excluding carboxylic acids is 1. The molecule has 0 aliphatic heterocycles. The molecule has 0 saturated carbocycles. The Balaban J connectivity index is 1.38. The first-order valence-corrected chi connectivity index (χ1v) is 10.4. The number of amides is 1. The average Bonchev–Trinajstić information content (AvgIpc) is 3.24. The van der Waals surface area contributed by atoms with Crippen molar-refractivity contribution in [3.63, 3.8) is 0 Å². The van der Waals surface area contributed by atoms with Gasteiger partial charge in [-0.15, -0.1) is 0 Å². The summed E-state index contributed by atoms with van der Waals surface area (Å²) in [5.41, 5.74) is 1.90. The van der Waals surface area contributed by atoms with Crippen molar-refractivity contribution in [1.29, 1.82) is 0 Å². The minimum absolute atomic E-state index is 0.157. The fraction of sp³-hybridized carbons (Fsp3) is 0.120. The third kappa shape index (κ3) is 3.54. The summed E-state index contributed by atoms with van der Waals surface area (Å²) in [5, 5.41) is 9.78. The Labute approximate surface area is 183 Å². The van der Waals surface area contributed by atoms with Gasteiger partial charge in [-0.2, -0.15) is 5.10 Å². The first-order chi connectivity index (χ1) is 15.6. The molecule has 0 spiro atoms. The maximum atomic E-state index is 13.1. The number of para-hydroxylation sites is 1. The van der Waals surface area contributed by atoms with E-state index in [0.717, 1.165) is 22.1 Å². The van der Waals surface area contributed by atoms with Gasteiger partial charge in [0.15, 0.2) is 5.65 Å². The zero-order valence-electron chi connectivity index (χ0n) is 17.5. The topological polar surface area (TPSA) is 81.8 Å². The van der Waals surface area contributed by atoms with Crippen molar-refractivity contribution < 1.29 is 4.79 Å². The highest BCUT2D eigenvalue weighted by Crippen LogP contribution is 2.23. The van der Waals surface area contributed by atoms with Crippen LogP contribution in [0.25, 0.3) is 27.5 Å². The summed E-state index contributed by atoms with van der Waals surface area (Å²) in [6.45, 7) is 2.01. The van der Waals surface area contributed by atoms with Crippen LogP contribution >= 0.6 is 0 Å². The van der Waals surface area contributed by atoms with Crippen LogP contribution in [-0.4, -0.2) is 25.2 Å². The minimum Gasteiger partial charge on any atom is -0.325 e. The number of carbonyl (C=O) groups is 1. The monoisotopic (exact) mass is 423 g/mol. The van der Waals surface area contributed by atoms with Gasteiger partial charge in [0.2, 0.25) is 5.91 Å². The van der Waals surface area contributed by atoms with Crippen molar-refractivity contribution in [1.82, 2.24) is 19.3 Å². The standard InChI is InChI=1S/C25H21N5O2/c1-17-27-24-21(16-26-30(24)19-10-3-2-4-11-19)25(32)29(17)15-14-23(31)28-22-13-7-9-18-8-5-6-12-20(18)22/h2-13,16H,14-15H2,1H3,(H,28,31). The number of rotatable bonds is 5. The summed E-state index contributed by atoms with van der Waals surface area (Å²) in [6.07, 6.45) is 1.69. The number of benzene rings is 3. The van der Waals surface area contributed by atoms with E-state index in [9.17, 15) is 9.59 Å². The normalized spacial score (nSPS) is 11.2. The number of hydrogen-bond acceptors (Lipinski definition) is 4. The van der Waals surface area contributed by atoms with Crippen LogP contribution < -0.4 is 10.9 Å². The van der Waals surface area contributed by atoms with Crippen LogP contribution in [0.1, 0.15) is 12.2 Å². The second-order valence-electron chi connectivity index (χ2n) is 7.57. The van der Waals surface area contributed by atoms with Crippen molar-refractivity contribution in [3.8, 4) is 5.69 Å². The minimum atomic E-state index is -0.201. The lowest BCUT2D eigenvalue weighted by Gasteiger charge is -2.11. The van der Waals surface area contributed by atoms with E-state index in [1.54, 1.807) is 11.6 Å². The van der Waals surface area contributed by atoms with Crippen LogP contribution in [0.3, 0.4) is 0 Å². The number of anilines is 1. The zero-order chi connectivity index (χ0) is 22.1. The van der Waals surface area contributed by atoms with E-state index in [2.05, 4.69) is 15.4 Å². The lowest BCUT2D eigenvalue weighted by molar-refractivity contribution is -0.116. The molecule has 1 N–H and O–H groups in total. The van der Waals surface area contributed by atoms with Crippen molar-refractivity contribution in [2.75, 3.05) is 5.32 Å². The smallest absolute Gasteiger partial charge is 0.264 e. The van der Waals surface area contributed by atoms with E-state index in [1.807, 2.05) is 72.8 Å². The predicted octanol–water partition coefficient (Wildman–Crippen LogP) is 4.07. The van der Waals surface area contributed by atoms with Gasteiger partial charge in [0.25, 0.3) is 5.56 Å². The van der Waals surface area contributed by atoms with Crippen molar-refractivity contribution in [3.05, 3.63) is 95.2 Å². The van der Waals surface area contributed by atoms with E-state index in [4.69, 9.17) is 0 Å². The van der Waals surface area contributed by atoms with E-state index < -0.39 is 0 Å². The van der Waals surface area contributed by atoms with Gasteiger partial charge < -0.3 is 5.32 Å². The Hall–Kier alpha value is -4.26. The third-order valence-electron chi connectivity index (χ3n) is 5.50. The maximum Gasteiger partial charge on any atom is 0.264 e. The van der Waals surface area contributed by atoms with Crippen molar-refractivity contribution in [2.45, 2.75) is 19.9 Å². The molecule has 2 aromatic heterocycles. The van der Waals surface area contributed by atoms with Gasteiger partial charge in [-0.1, -0.05) is 54.6 Å². The number of aromatic nitrogens is 4. The number of nitrogens with zero attached hydrogens (tertiary/aromatic N) is 4. The van der Waals surface area contributed by atoms with Gasteiger partial charge in [0.1, 0.15) is 11.2 Å². The van der Waals surface area contributed by atoms with Crippen LogP contribution in [0.5, 0.6) is 0 Å². The zero-order valence-corrected chi connectivity index (χ0v) is 17.5. The van der Waals surface area contributed by atoms with Crippen LogP contribution in [0.4, 0.5) is 5.69 Å². The molecule has 1 amide bonds. The van der Waals surface area contributed by atoms with Gasteiger partial charge in [0, 0.05) is 24.0 Å². The largest absolute Gasteiger partial charge is 0.325 e. The van der Waals surface area contributed by atoms with Crippen LogP contribution in [-0.2, 0) is 11.3 Å². The number of nitrogens with one attached hydrogen (secondary N) is 1. The molecule has 7 nitrogen and oxygen atoms in total. The van der Waals surface area contributed by atoms with Gasteiger partial charge in [0.05, 0.1) is 11.9 Å². The molecule has 0 saturated heterocycles. The predicted molar refractivity (Wildman–Crippen MR) is 125 cm³/mol. The number of aryl methyl sites for hydroxylation is 1. The third-order valence-corrected chi connectivity index (χ3v) is 5.50. The van der Waals surface area contributed by atoms with Crippen LogP contribution in [0.2, 0.25) is 0 Å². The molecular weight excluding hydrogens is 402 g/mol. The number of fused-ring (bicyclic) bond motifs is 2. The molecule has 158 valence electrons. The van der Waals surface area contributed by atoms with Crippen LogP contribution in [0, 0.1) is 6.92 Å². The van der Waals surface area contributed by atoms with Gasteiger partial charge >= 0.3 is 0 Å². The molecule has 0 aliphatic rings. The van der Waals surface area contributed by atoms with Gasteiger partial charge in [-0.25, -0.2) is 9.67 Å². The first kappa shape index (κ1) is 19.7. The summed E-state index contributed by atoms with van der Waals surface area (Å²) in [4.78, 5) is 30.3. The lowest BCUT2D eigenvalue weighted by atomic mass is 10.1. The summed E-state index contributed by atoms with van der Waals surface area (Å²) in [6, 6.07) is 23.2. The van der Waals surface area contributed by atoms with Crippen LogP contribution in [0.15, 0.2) is 83.8 Å². The summed E-state index contributed by atoms with van der Waals surface area (Å²) in [5.74, 6) is 0.380. The van der Waals surface area contributed by atoms with Gasteiger partial charge in [-0.3, -0.25) is 14.2 Å². The molecule has 0 unspecified atom stereocenters. The maximum absolute atomic E-state index is 13.1. The summed E-state index contributed by atoms with van der Waals surface area (Å²) < 4.78 is 3.18. The molecule has 5 rings (SSSR count). The van der Waals surface area contributed by atoms with E-state index in [-0.39, 0.29) is 24.4 Å². The number of hydrogen-bond donors (Lipinski definition) is 1. The Morgan fingerprint density at radius 1 is 0.938 bits per heavy atom. The molecule has 0 radical (unpaired) electrons. The summed E-state index contributed by atoms with van der Waals surface area (Å²) >= 11 is 0. The molecule has 2 heterocycles.